The summed E-state index contributed by atoms with van der Waals surface area (Å²) in [6, 6.07) is 12.6. The molecule has 7 nitrogen and oxygen atoms in total. The molecule has 1 aromatic heterocycles. The zero-order valence-corrected chi connectivity index (χ0v) is 20.3. The number of aromatic amines is 1. The Morgan fingerprint density at radius 2 is 1.97 bits per heavy atom. The lowest BCUT2D eigenvalue weighted by Gasteiger charge is -2.27. The molecule has 0 bridgehead atoms. The molecule has 1 atom stereocenters. The Morgan fingerprint density at radius 3 is 2.68 bits per heavy atom. The number of ether oxygens (including phenoxy) is 2. The van der Waals surface area contributed by atoms with Crippen LogP contribution in [0.4, 0.5) is 0 Å². The molecule has 0 spiro atoms. The van der Waals surface area contributed by atoms with Crippen molar-refractivity contribution in [1.29, 1.82) is 0 Å². The van der Waals surface area contributed by atoms with Gasteiger partial charge in [0.25, 0.3) is 5.91 Å². The average molecular weight is 464 g/mol. The summed E-state index contributed by atoms with van der Waals surface area (Å²) < 4.78 is 11.6. The Kier molecular flexibility index (Phi) is 7.10. The average Bonchev–Trinajstić information content (AvgIpc) is 3.37. The number of carbonyl (C=O) groups is 1. The van der Waals surface area contributed by atoms with E-state index in [1.165, 1.54) is 0 Å². The van der Waals surface area contributed by atoms with Crippen LogP contribution in [0.5, 0.6) is 17.2 Å². The third kappa shape index (κ3) is 4.47. The highest BCUT2D eigenvalue weighted by molar-refractivity contribution is 6.00. The Bertz CT molecular complexity index is 1150. The first-order valence-electron chi connectivity index (χ1n) is 11.9. The van der Waals surface area contributed by atoms with Gasteiger partial charge in [-0.25, -0.2) is 0 Å². The largest absolute Gasteiger partial charge is 0.507 e. The van der Waals surface area contributed by atoms with Gasteiger partial charge in [-0.3, -0.25) is 9.89 Å². The number of aromatic hydroxyl groups is 1. The number of fused-ring (bicyclic) bond motifs is 1. The molecule has 2 aromatic carbocycles. The SMILES string of the molecule is CCCCN1C(=O)c2[nH]nc(-c3ccccc3O)c2C1c1ccc(OCCC(C)C)c(OC)c1. The molecule has 2 heterocycles. The van der Waals surface area contributed by atoms with Crippen LogP contribution in [-0.4, -0.2) is 46.4 Å². The monoisotopic (exact) mass is 463 g/mol. The molecule has 0 aliphatic carbocycles. The van der Waals surface area contributed by atoms with Crippen molar-refractivity contribution in [2.24, 2.45) is 5.92 Å². The fraction of sp³-hybridized carbons (Fsp3) is 0.407. The summed E-state index contributed by atoms with van der Waals surface area (Å²) in [4.78, 5) is 15.3. The summed E-state index contributed by atoms with van der Waals surface area (Å²) in [6.45, 7) is 7.67. The minimum atomic E-state index is -0.346. The van der Waals surface area contributed by atoms with Gasteiger partial charge < -0.3 is 19.5 Å². The summed E-state index contributed by atoms with van der Waals surface area (Å²) >= 11 is 0. The molecule has 7 heteroatoms. The lowest BCUT2D eigenvalue weighted by Crippen LogP contribution is -2.30. The van der Waals surface area contributed by atoms with Crippen molar-refractivity contribution < 1.29 is 19.4 Å². The second-order valence-electron chi connectivity index (χ2n) is 9.07. The van der Waals surface area contributed by atoms with E-state index >= 15 is 0 Å². The number of nitrogens with one attached hydrogen (secondary N) is 1. The number of benzene rings is 2. The summed E-state index contributed by atoms with van der Waals surface area (Å²) in [7, 11) is 1.62. The van der Waals surface area contributed by atoms with E-state index in [1.807, 2.05) is 35.2 Å². The van der Waals surface area contributed by atoms with Gasteiger partial charge >= 0.3 is 0 Å². The number of H-pyrrole nitrogens is 1. The van der Waals surface area contributed by atoms with E-state index in [0.29, 0.717) is 47.5 Å². The molecule has 3 aromatic rings. The maximum absolute atomic E-state index is 13.4. The van der Waals surface area contributed by atoms with E-state index in [2.05, 4.69) is 31.0 Å². The number of methoxy groups -OCH3 is 1. The van der Waals surface area contributed by atoms with Crippen LogP contribution < -0.4 is 9.47 Å². The van der Waals surface area contributed by atoms with Gasteiger partial charge in [-0.2, -0.15) is 5.10 Å². The van der Waals surface area contributed by atoms with E-state index in [9.17, 15) is 9.90 Å². The van der Waals surface area contributed by atoms with Gasteiger partial charge in [-0.05, 0) is 48.6 Å². The number of phenols is 1. The van der Waals surface area contributed by atoms with Crippen molar-refractivity contribution in [2.45, 2.75) is 46.1 Å². The number of rotatable bonds is 10. The van der Waals surface area contributed by atoms with Crippen LogP contribution in [0.3, 0.4) is 0 Å². The highest BCUT2D eigenvalue weighted by atomic mass is 16.5. The molecule has 0 radical (unpaired) electrons. The third-order valence-electron chi connectivity index (χ3n) is 6.23. The molecule has 0 saturated heterocycles. The number of para-hydroxylation sites is 1. The first-order valence-corrected chi connectivity index (χ1v) is 11.9. The lowest BCUT2D eigenvalue weighted by atomic mass is 9.95. The Balaban J connectivity index is 1.77. The summed E-state index contributed by atoms with van der Waals surface area (Å²) in [6.07, 6.45) is 2.81. The number of phenolic OH excluding ortho intramolecular Hbond substituents is 1. The number of unbranched alkanes of at least 4 members (excludes halogenated alkanes) is 1. The molecule has 1 aliphatic heterocycles. The molecule has 1 unspecified atom stereocenters. The van der Waals surface area contributed by atoms with Crippen LogP contribution in [0.25, 0.3) is 11.3 Å². The first-order chi connectivity index (χ1) is 16.5. The number of amides is 1. The van der Waals surface area contributed by atoms with Crippen LogP contribution in [0.2, 0.25) is 0 Å². The van der Waals surface area contributed by atoms with Crippen molar-refractivity contribution in [3.05, 3.63) is 59.3 Å². The minimum absolute atomic E-state index is 0.0844. The first kappa shape index (κ1) is 23.7. The number of aromatic nitrogens is 2. The van der Waals surface area contributed by atoms with Crippen molar-refractivity contribution >= 4 is 5.91 Å². The molecule has 1 aliphatic rings. The van der Waals surface area contributed by atoms with E-state index in [-0.39, 0.29) is 17.7 Å². The Labute approximate surface area is 200 Å². The smallest absolute Gasteiger partial charge is 0.273 e. The quantitative estimate of drug-likeness (QED) is 0.411. The maximum atomic E-state index is 13.4. The van der Waals surface area contributed by atoms with E-state index in [0.717, 1.165) is 30.4 Å². The fourth-order valence-corrected chi connectivity index (χ4v) is 4.36. The summed E-state index contributed by atoms with van der Waals surface area (Å²) in [5, 5.41) is 17.9. The predicted molar refractivity (Wildman–Crippen MR) is 131 cm³/mol. The zero-order chi connectivity index (χ0) is 24.2. The van der Waals surface area contributed by atoms with E-state index in [1.54, 1.807) is 19.2 Å². The van der Waals surface area contributed by atoms with Crippen molar-refractivity contribution in [1.82, 2.24) is 15.1 Å². The molecule has 4 rings (SSSR count). The van der Waals surface area contributed by atoms with Gasteiger partial charge in [0.05, 0.1) is 19.8 Å². The van der Waals surface area contributed by atoms with Crippen LogP contribution in [0.1, 0.15) is 67.7 Å². The van der Waals surface area contributed by atoms with Gasteiger partial charge in [0.2, 0.25) is 0 Å². The summed E-state index contributed by atoms with van der Waals surface area (Å²) in [5.74, 6) is 1.91. The van der Waals surface area contributed by atoms with E-state index in [4.69, 9.17) is 9.47 Å². The Morgan fingerprint density at radius 1 is 1.18 bits per heavy atom. The topological polar surface area (TPSA) is 87.7 Å². The van der Waals surface area contributed by atoms with Gasteiger partial charge in [-0.15, -0.1) is 0 Å². The van der Waals surface area contributed by atoms with Gasteiger partial charge in [0.15, 0.2) is 11.5 Å². The molecule has 2 N–H and O–H groups in total. The molecular weight excluding hydrogens is 430 g/mol. The predicted octanol–water partition coefficient (Wildman–Crippen LogP) is 5.56. The number of hydrogen-bond acceptors (Lipinski definition) is 5. The number of nitrogens with zero attached hydrogens (tertiary/aromatic N) is 2. The molecule has 180 valence electrons. The second kappa shape index (κ2) is 10.2. The second-order valence-corrected chi connectivity index (χ2v) is 9.07. The van der Waals surface area contributed by atoms with Gasteiger partial charge in [-0.1, -0.05) is 45.4 Å². The molecular formula is C27H33N3O4. The summed E-state index contributed by atoms with van der Waals surface area (Å²) in [5.41, 5.74) is 3.33. The number of hydrogen-bond donors (Lipinski definition) is 2. The van der Waals surface area contributed by atoms with E-state index < -0.39 is 0 Å². The normalized spacial score (nSPS) is 15.1. The lowest BCUT2D eigenvalue weighted by molar-refractivity contribution is 0.0741. The van der Waals surface area contributed by atoms with Crippen LogP contribution in [-0.2, 0) is 0 Å². The standard InChI is InChI=1S/C27H33N3O4/c1-5-6-14-30-26(18-11-12-21(22(16-18)33-4)34-15-13-17(2)3)23-24(28-29-25(23)27(30)32)19-9-7-8-10-20(19)31/h7-12,16-17,26,31H,5-6,13-15H2,1-4H3,(H,28,29). The van der Waals surface area contributed by atoms with Crippen LogP contribution >= 0.6 is 0 Å². The molecule has 0 fully saturated rings. The van der Waals surface area contributed by atoms with Crippen molar-refractivity contribution in [3.63, 3.8) is 0 Å². The highest BCUT2D eigenvalue weighted by Gasteiger charge is 2.42. The van der Waals surface area contributed by atoms with Crippen LogP contribution in [0, 0.1) is 5.92 Å². The zero-order valence-electron chi connectivity index (χ0n) is 20.3. The van der Waals surface area contributed by atoms with Crippen molar-refractivity contribution in [3.8, 4) is 28.5 Å². The number of carbonyl (C=O) groups excluding carboxylic acids is 1. The van der Waals surface area contributed by atoms with Gasteiger partial charge in [0, 0.05) is 17.7 Å². The minimum Gasteiger partial charge on any atom is -0.507 e. The maximum Gasteiger partial charge on any atom is 0.273 e. The van der Waals surface area contributed by atoms with Gasteiger partial charge in [0.1, 0.15) is 17.1 Å². The Hall–Kier alpha value is -3.48. The third-order valence-corrected chi connectivity index (χ3v) is 6.23. The molecule has 34 heavy (non-hydrogen) atoms. The fourth-order valence-electron chi connectivity index (χ4n) is 4.36. The molecule has 0 saturated carbocycles. The van der Waals surface area contributed by atoms with Crippen LogP contribution in [0.15, 0.2) is 42.5 Å². The molecule has 1 amide bonds. The highest BCUT2D eigenvalue weighted by Crippen LogP contribution is 2.45. The van der Waals surface area contributed by atoms with Crippen molar-refractivity contribution in [2.75, 3.05) is 20.3 Å².